The maximum atomic E-state index is 14.5. The molecule has 4 aromatic rings. The summed E-state index contributed by atoms with van der Waals surface area (Å²) in [7, 11) is 0. The molecule has 3 N–H and O–H groups in total. The summed E-state index contributed by atoms with van der Waals surface area (Å²) in [4.78, 5) is 39.6. The molecule has 2 bridgehead atoms. The quantitative estimate of drug-likeness (QED) is 0.217. The summed E-state index contributed by atoms with van der Waals surface area (Å²) in [5.74, 6) is -1.23. The number of carboxylic acids is 1. The number of H-pyrrole nitrogens is 1. The highest BCUT2D eigenvalue weighted by atomic mass is 19.1. The first-order valence-electron chi connectivity index (χ1n) is 15.6. The summed E-state index contributed by atoms with van der Waals surface area (Å²) >= 11 is 0. The van der Waals surface area contributed by atoms with Crippen molar-refractivity contribution in [3.63, 3.8) is 0 Å². The van der Waals surface area contributed by atoms with E-state index in [4.69, 9.17) is 9.97 Å². The van der Waals surface area contributed by atoms with Gasteiger partial charge in [0.15, 0.2) is 5.82 Å². The number of fused-ring (bicyclic) bond motifs is 4. The number of carboxylic acid groups (broad SMARTS) is 1. The first-order chi connectivity index (χ1) is 21.4. The van der Waals surface area contributed by atoms with Gasteiger partial charge in [0.2, 0.25) is 0 Å². The molecule has 4 aliphatic rings. The zero-order valence-electron chi connectivity index (χ0n) is 24.4. The van der Waals surface area contributed by atoms with E-state index >= 15 is 0 Å². The Labute approximate surface area is 253 Å². The standard InChI is InChI=1S/C34H35F2N5O3/c35-23-14-24-26(18-38-31(24)27(36)15-23)32-39-28(20-6-10-22(11-7-20)33(42)41-12-2-1-3-13-41)16-29(40-32)37-17-25-19-4-8-21(9-5-19)30(25)34(43)44/h6-7,10-11,14-16,18-19,21,25,30,38H,1-5,8-9,12-13,17H2,(H,43,44)(H,37,39,40)/t19?,21?,25?,30-/m1/s1. The highest BCUT2D eigenvalue weighted by Crippen LogP contribution is 2.49. The largest absolute Gasteiger partial charge is 0.481 e. The van der Waals surface area contributed by atoms with E-state index in [9.17, 15) is 23.5 Å². The lowest BCUT2D eigenvalue weighted by atomic mass is 9.58. The molecule has 0 spiro atoms. The lowest BCUT2D eigenvalue weighted by Crippen LogP contribution is -2.46. The molecule has 0 radical (unpaired) electrons. The number of amides is 1. The van der Waals surface area contributed by atoms with Crippen molar-refractivity contribution < 1.29 is 23.5 Å². The van der Waals surface area contributed by atoms with Gasteiger partial charge in [-0.15, -0.1) is 0 Å². The van der Waals surface area contributed by atoms with Gasteiger partial charge >= 0.3 is 5.97 Å². The van der Waals surface area contributed by atoms with Gasteiger partial charge < -0.3 is 20.3 Å². The van der Waals surface area contributed by atoms with Crippen molar-refractivity contribution in [1.82, 2.24) is 19.9 Å². The Kier molecular flexibility index (Phi) is 7.52. The van der Waals surface area contributed by atoms with Gasteiger partial charge in [-0.05, 0) is 80.9 Å². The Morgan fingerprint density at radius 3 is 2.41 bits per heavy atom. The highest BCUT2D eigenvalue weighted by molar-refractivity contribution is 5.95. The van der Waals surface area contributed by atoms with E-state index in [-0.39, 0.29) is 35.0 Å². The molecule has 8 rings (SSSR count). The smallest absolute Gasteiger partial charge is 0.307 e. The van der Waals surface area contributed by atoms with Crippen LogP contribution in [0.15, 0.2) is 48.7 Å². The molecule has 3 aliphatic carbocycles. The summed E-state index contributed by atoms with van der Waals surface area (Å²) in [6, 6.07) is 11.2. The minimum atomic E-state index is -0.739. The summed E-state index contributed by atoms with van der Waals surface area (Å²) in [6.45, 7) is 1.98. The SMILES string of the molecule is O=C(O)[C@@H]1C2CCC(CC2)C1CNc1cc(-c2ccc(C(=O)N3CCCCC3)cc2)nc(-c2c[nH]c3c(F)cc(F)cc23)n1. The molecule has 2 aromatic heterocycles. The number of halogens is 2. The van der Waals surface area contributed by atoms with Crippen LogP contribution in [0.5, 0.6) is 0 Å². The molecule has 44 heavy (non-hydrogen) atoms. The average Bonchev–Trinajstić information content (AvgIpc) is 3.48. The van der Waals surface area contributed by atoms with Crippen LogP contribution in [-0.2, 0) is 4.79 Å². The number of likely N-dealkylation sites (tertiary alicyclic amines) is 1. The molecule has 2 aromatic carbocycles. The number of nitrogens with one attached hydrogen (secondary N) is 2. The van der Waals surface area contributed by atoms with Crippen LogP contribution in [0.1, 0.15) is 55.3 Å². The number of aromatic amines is 1. The Morgan fingerprint density at radius 2 is 1.68 bits per heavy atom. The monoisotopic (exact) mass is 599 g/mol. The summed E-state index contributed by atoms with van der Waals surface area (Å²) in [5, 5.41) is 13.8. The van der Waals surface area contributed by atoms with E-state index in [2.05, 4.69) is 10.3 Å². The van der Waals surface area contributed by atoms with E-state index in [0.717, 1.165) is 69.7 Å². The first-order valence-corrected chi connectivity index (χ1v) is 15.6. The Bertz CT molecular complexity index is 1710. The molecule has 3 saturated carbocycles. The normalized spacial score (nSPS) is 23.2. The third-order valence-corrected chi connectivity index (χ3v) is 9.94. The van der Waals surface area contributed by atoms with Crippen molar-refractivity contribution in [3.05, 3.63) is 65.9 Å². The number of anilines is 1. The van der Waals surface area contributed by atoms with E-state index in [1.54, 1.807) is 24.4 Å². The number of piperidine rings is 1. The average molecular weight is 600 g/mol. The molecule has 1 amide bonds. The summed E-state index contributed by atoms with van der Waals surface area (Å²) in [6.07, 6.45) is 8.74. The molecular weight excluding hydrogens is 564 g/mol. The summed E-state index contributed by atoms with van der Waals surface area (Å²) < 4.78 is 28.8. The highest BCUT2D eigenvalue weighted by Gasteiger charge is 2.46. The molecule has 8 nitrogen and oxygen atoms in total. The number of rotatable bonds is 7. The topological polar surface area (TPSA) is 111 Å². The number of nitrogens with zero attached hydrogens (tertiary/aromatic N) is 3. The van der Waals surface area contributed by atoms with Gasteiger partial charge in [-0.25, -0.2) is 18.7 Å². The molecule has 1 aliphatic heterocycles. The molecule has 3 heterocycles. The van der Waals surface area contributed by atoms with Crippen molar-refractivity contribution in [1.29, 1.82) is 0 Å². The number of carbonyl (C=O) groups excluding carboxylic acids is 1. The maximum absolute atomic E-state index is 14.5. The van der Waals surface area contributed by atoms with Crippen LogP contribution >= 0.6 is 0 Å². The molecule has 2 atom stereocenters. The first kappa shape index (κ1) is 28.4. The number of aliphatic carboxylic acids is 1. The maximum Gasteiger partial charge on any atom is 0.307 e. The lowest BCUT2D eigenvalue weighted by molar-refractivity contribution is -0.151. The number of hydrogen-bond acceptors (Lipinski definition) is 5. The predicted octanol–water partition coefficient (Wildman–Crippen LogP) is 6.75. The van der Waals surface area contributed by atoms with E-state index < -0.39 is 17.6 Å². The van der Waals surface area contributed by atoms with Gasteiger partial charge in [0.1, 0.15) is 17.5 Å². The van der Waals surface area contributed by atoms with Crippen molar-refractivity contribution in [3.8, 4) is 22.6 Å². The number of aromatic nitrogens is 3. The van der Waals surface area contributed by atoms with Gasteiger partial charge in [-0.3, -0.25) is 9.59 Å². The van der Waals surface area contributed by atoms with Crippen LogP contribution < -0.4 is 5.32 Å². The minimum Gasteiger partial charge on any atom is -0.481 e. The summed E-state index contributed by atoms with van der Waals surface area (Å²) in [5.41, 5.74) is 2.54. The van der Waals surface area contributed by atoms with Crippen LogP contribution in [0.25, 0.3) is 33.5 Å². The van der Waals surface area contributed by atoms with E-state index in [0.29, 0.717) is 40.5 Å². The van der Waals surface area contributed by atoms with Crippen molar-refractivity contribution in [2.24, 2.45) is 23.7 Å². The Morgan fingerprint density at radius 1 is 0.955 bits per heavy atom. The van der Waals surface area contributed by atoms with Crippen LogP contribution in [0, 0.1) is 35.3 Å². The van der Waals surface area contributed by atoms with Crippen molar-refractivity contribution in [2.45, 2.75) is 44.9 Å². The van der Waals surface area contributed by atoms with Gasteiger partial charge in [0, 0.05) is 60.0 Å². The fourth-order valence-corrected chi connectivity index (χ4v) is 7.68. The number of benzene rings is 2. The van der Waals surface area contributed by atoms with Gasteiger partial charge in [0.05, 0.1) is 17.1 Å². The zero-order chi connectivity index (χ0) is 30.4. The minimum absolute atomic E-state index is 0.0135. The molecule has 1 unspecified atom stereocenters. The zero-order valence-corrected chi connectivity index (χ0v) is 24.4. The van der Waals surface area contributed by atoms with Gasteiger partial charge in [-0.2, -0.15) is 0 Å². The third kappa shape index (κ3) is 5.31. The van der Waals surface area contributed by atoms with E-state index in [1.807, 2.05) is 17.0 Å². The third-order valence-electron chi connectivity index (χ3n) is 9.94. The van der Waals surface area contributed by atoms with Crippen LogP contribution in [0.3, 0.4) is 0 Å². The van der Waals surface area contributed by atoms with E-state index in [1.165, 1.54) is 6.07 Å². The molecule has 10 heteroatoms. The van der Waals surface area contributed by atoms with Crippen molar-refractivity contribution >= 4 is 28.6 Å². The van der Waals surface area contributed by atoms with Crippen LogP contribution in [0.4, 0.5) is 14.6 Å². The second-order valence-electron chi connectivity index (χ2n) is 12.5. The van der Waals surface area contributed by atoms with Crippen LogP contribution in [-0.4, -0.2) is 56.5 Å². The second kappa shape index (κ2) is 11.6. The molecule has 228 valence electrons. The second-order valence-corrected chi connectivity index (χ2v) is 12.5. The fraction of sp³-hybridized carbons (Fsp3) is 0.412. The number of carbonyl (C=O) groups is 2. The molecule has 1 saturated heterocycles. The Balaban J connectivity index is 1.23. The van der Waals surface area contributed by atoms with Gasteiger partial charge in [-0.1, -0.05) is 12.1 Å². The molecular formula is C34H35F2N5O3. The fourth-order valence-electron chi connectivity index (χ4n) is 7.68. The van der Waals surface area contributed by atoms with Crippen molar-refractivity contribution in [2.75, 3.05) is 25.0 Å². The molecule has 4 fully saturated rings. The predicted molar refractivity (Wildman–Crippen MR) is 163 cm³/mol. The Hall–Kier alpha value is -4.34. The van der Waals surface area contributed by atoms with Crippen LogP contribution in [0.2, 0.25) is 0 Å². The lowest BCUT2D eigenvalue weighted by Gasteiger charge is -2.46. The number of hydrogen-bond donors (Lipinski definition) is 3. The van der Waals surface area contributed by atoms with Gasteiger partial charge in [0.25, 0.3) is 5.91 Å².